The van der Waals surface area contributed by atoms with Gasteiger partial charge in [0.15, 0.2) is 28.9 Å². The summed E-state index contributed by atoms with van der Waals surface area (Å²) in [5.74, 6) is 2.22. The molecule has 0 spiro atoms. The summed E-state index contributed by atoms with van der Waals surface area (Å²) in [6, 6.07) is 4.29. The van der Waals surface area contributed by atoms with Crippen molar-refractivity contribution in [2.24, 2.45) is 11.8 Å². The zero-order chi connectivity index (χ0) is 28.4. The van der Waals surface area contributed by atoms with E-state index in [1.165, 1.54) is 17.6 Å². The molecule has 1 fully saturated rings. The molecule has 1 amide bonds. The van der Waals surface area contributed by atoms with Crippen LogP contribution in [0.1, 0.15) is 89.9 Å². The highest BCUT2D eigenvalue weighted by Gasteiger charge is 2.28. The van der Waals surface area contributed by atoms with E-state index in [-0.39, 0.29) is 17.7 Å². The van der Waals surface area contributed by atoms with E-state index in [4.69, 9.17) is 20.4 Å². The highest BCUT2D eigenvalue weighted by atomic mass is 16.4. The number of pyridine rings is 1. The number of imidazole rings is 1. The van der Waals surface area contributed by atoms with Crippen LogP contribution in [0.2, 0.25) is 0 Å². The maximum absolute atomic E-state index is 11.3. The van der Waals surface area contributed by atoms with E-state index in [9.17, 15) is 9.90 Å². The van der Waals surface area contributed by atoms with Crippen LogP contribution in [0.25, 0.3) is 22.7 Å². The van der Waals surface area contributed by atoms with Crippen LogP contribution in [0.3, 0.4) is 0 Å². The molecule has 2 aliphatic carbocycles. The molecule has 212 valence electrons. The van der Waals surface area contributed by atoms with E-state index in [0.29, 0.717) is 35.0 Å². The molecule has 0 radical (unpaired) electrons. The molecule has 3 heterocycles. The quantitative estimate of drug-likeness (QED) is 0.140. The zero-order valence-electron chi connectivity index (χ0n) is 23.9. The van der Waals surface area contributed by atoms with Crippen LogP contribution in [0.5, 0.6) is 0 Å². The summed E-state index contributed by atoms with van der Waals surface area (Å²) in [6.45, 7) is 9.43. The number of anilines is 1. The number of rotatable bonds is 9. The first kappa shape index (κ1) is 27.7. The van der Waals surface area contributed by atoms with Gasteiger partial charge in [-0.2, -0.15) is 0 Å². The summed E-state index contributed by atoms with van der Waals surface area (Å²) in [5.41, 5.74) is 4.66. The maximum Gasteiger partial charge on any atom is 0.410 e. The number of nitrogens with zero attached hydrogens (tertiary/aromatic N) is 5. The van der Waals surface area contributed by atoms with E-state index in [0.717, 1.165) is 56.3 Å². The number of hydrogen-bond donors (Lipinski definition) is 4. The van der Waals surface area contributed by atoms with Crippen molar-refractivity contribution in [3.05, 3.63) is 41.4 Å². The van der Waals surface area contributed by atoms with Gasteiger partial charge in [-0.3, -0.25) is 15.7 Å². The average Bonchev–Trinajstić information content (AvgIpc) is 3.26. The van der Waals surface area contributed by atoms with Gasteiger partial charge in [-0.25, -0.2) is 19.7 Å². The highest BCUT2D eigenvalue weighted by molar-refractivity contribution is 6.03. The van der Waals surface area contributed by atoms with Gasteiger partial charge in [-0.05, 0) is 80.9 Å². The van der Waals surface area contributed by atoms with Gasteiger partial charge in [0, 0.05) is 18.8 Å². The molecule has 3 aromatic heterocycles. The number of hydrogen-bond acceptors (Lipinski definition) is 7. The van der Waals surface area contributed by atoms with Crippen LogP contribution in [-0.2, 0) is 6.54 Å². The molecule has 10 heteroatoms. The minimum Gasteiger partial charge on any atom is -0.465 e. The standard InChI is InChI=1S/C30H40N8O2/c1-5-19-9-11-20(12-10-19)16-38-24-26(33-18(4)21-7-6-8-21)35-28(25(31)34-30(39)40)36-27(24)37-29(38)23-15-22(17(2)3)13-14-32-23/h9,13-15,17-18,20-21H,5-8,10-12,16H2,1-4H3,(H2,31,34)(H,39,40)(H,33,35,36)/t18-,20?/m1/s1. The molecule has 4 N–H and O–H groups in total. The monoisotopic (exact) mass is 544 g/mol. The molecule has 2 aliphatic rings. The molecular formula is C30H40N8O2. The van der Waals surface area contributed by atoms with Crippen molar-refractivity contribution in [2.75, 3.05) is 5.32 Å². The number of nitrogens with one attached hydrogen (secondary N) is 3. The fourth-order valence-electron chi connectivity index (χ4n) is 5.67. The Kier molecular flexibility index (Phi) is 8.14. The lowest BCUT2D eigenvalue weighted by atomic mass is 9.80. The molecule has 2 atom stereocenters. The van der Waals surface area contributed by atoms with E-state index < -0.39 is 6.09 Å². The Morgan fingerprint density at radius 1 is 1.20 bits per heavy atom. The molecule has 0 aromatic carbocycles. The number of amidine groups is 1. The van der Waals surface area contributed by atoms with Crippen molar-refractivity contribution >= 4 is 28.9 Å². The van der Waals surface area contributed by atoms with Crippen LogP contribution in [0, 0.1) is 17.2 Å². The average molecular weight is 545 g/mol. The third kappa shape index (κ3) is 5.85. The predicted molar refractivity (Wildman–Crippen MR) is 157 cm³/mol. The van der Waals surface area contributed by atoms with Gasteiger partial charge in [-0.1, -0.05) is 38.8 Å². The Hall–Kier alpha value is -3.82. The molecular weight excluding hydrogens is 504 g/mol. The van der Waals surface area contributed by atoms with Gasteiger partial charge in [-0.15, -0.1) is 0 Å². The fraction of sp³-hybridized carbons (Fsp3) is 0.533. The van der Waals surface area contributed by atoms with Crippen molar-refractivity contribution in [1.82, 2.24) is 29.8 Å². The van der Waals surface area contributed by atoms with Crippen LogP contribution in [0.15, 0.2) is 30.0 Å². The normalized spacial score (nSPS) is 18.3. The second-order valence-corrected chi connectivity index (χ2v) is 11.5. The third-order valence-electron chi connectivity index (χ3n) is 8.47. The smallest absolute Gasteiger partial charge is 0.410 e. The Morgan fingerprint density at radius 2 is 2.00 bits per heavy atom. The minimum atomic E-state index is -1.33. The van der Waals surface area contributed by atoms with Crippen LogP contribution >= 0.6 is 0 Å². The summed E-state index contributed by atoms with van der Waals surface area (Å²) in [4.78, 5) is 30.3. The molecule has 0 aliphatic heterocycles. The second kappa shape index (κ2) is 11.7. The summed E-state index contributed by atoms with van der Waals surface area (Å²) in [6.07, 6.45) is 10.7. The van der Waals surface area contributed by atoms with Crippen LogP contribution in [0.4, 0.5) is 10.6 Å². The Bertz CT molecular complexity index is 1440. The number of carboxylic acid groups (broad SMARTS) is 1. The van der Waals surface area contributed by atoms with Gasteiger partial charge in [0.2, 0.25) is 0 Å². The van der Waals surface area contributed by atoms with Crippen molar-refractivity contribution in [3.63, 3.8) is 0 Å². The lowest BCUT2D eigenvalue weighted by molar-refractivity contribution is 0.200. The predicted octanol–water partition coefficient (Wildman–Crippen LogP) is 6.34. The summed E-state index contributed by atoms with van der Waals surface area (Å²) in [7, 11) is 0. The molecule has 5 rings (SSSR count). The Balaban J connectivity index is 1.66. The number of allylic oxidation sites excluding steroid dienone is 2. The largest absolute Gasteiger partial charge is 0.465 e. The van der Waals surface area contributed by atoms with Crippen molar-refractivity contribution in [1.29, 1.82) is 5.41 Å². The number of amides is 1. The van der Waals surface area contributed by atoms with E-state index in [2.05, 4.69) is 60.0 Å². The van der Waals surface area contributed by atoms with Gasteiger partial charge in [0.25, 0.3) is 0 Å². The molecule has 3 aromatic rings. The summed E-state index contributed by atoms with van der Waals surface area (Å²) >= 11 is 0. The first-order chi connectivity index (χ1) is 19.2. The van der Waals surface area contributed by atoms with Gasteiger partial charge in [0.05, 0.1) is 0 Å². The van der Waals surface area contributed by atoms with Crippen LogP contribution < -0.4 is 10.6 Å². The number of aromatic nitrogens is 5. The molecule has 1 saturated carbocycles. The Morgan fingerprint density at radius 3 is 2.62 bits per heavy atom. The van der Waals surface area contributed by atoms with E-state index in [1.54, 1.807) is 0 Å². The van der Waals surface area contributed by atoms with Crippen molar-refractivity contribution < 1.29 is 9.90 Å². The third-order valence-corrected chi connectivity index (χ3v) is 8.47. The van der Waals surface area contributed by atoms with E-state index in [1.807, 2.05) is 12.3 Å². The fourth-order valence-corrected chi connectivity index (χ4v) is 5.67. The molecule has 0 bridgehead atoms. The van der Waals surface area contributed by atoms with Gasteiger partial charge in [0.1, 0.15) is 11.2 Å². The highest BCUT2D eigenvalue weighted by Crippen LogP contribution is 2.35. The van der Waals surface area contributed by atoms with Crippen molar-refractivity contribution in [2.45, 2.75) is 91.1 Å². The van der Waals surface area contributed by atoms with Crippen molar-refractivity contribution in [3.8, 4) is 11.5 Å². The second-order valence-electron chi connectivity index (χ2n) is 11.5. The van der Waals surface area contributed by atoms with Gasteiger partial charge < -0.3 is 15.0 Å². The first-order valence-corrected chi connectivity index (χ1v) is 14.5. The molecule has 0 saturated heterocycles. The lowest BCUT2D eigenvalue weighted by Gasteiger charge is -2.32. The first-order valence-electron chi connectivity index (χ1n) is 14.5. The SMILES string of the molecule is CCC1=CCC(Cn2c(-c3cc(C(C)C)ccn3)nc3nc(C(=N)NC(=O)O)nc(N[C@H](C)C4CCC4)c32)CC1. The Labute approximate surface area is 235 Å². The number of carbonyl (C=O) groups is 1. The van der Waals surface area contributed by atoms with Crippen LogP contribution in [-0.4, -0.2) is 47.6 Å². The maximum atomic E-state index is 11.3. The zero-order valence-corrected chi connectivity index (χ0v) is 23.9. The molecule has 1 unspecified atom stereocenters. The lowest BCUT2D eigenvalue weighted by Crippen LogP contribution is -2.33. The summed E-state index contributed by atoms with van der Waals surface area (Å²) < 4.78 is 2.20. The van der Waals surface area contributed by atoms with Gasteiger partial charge >= 0.3 is 6.09 Å². The number of fused-ring (bicyclic) bond motifs is 1. The molecule has 10 nitrogen and oxygen atoms in total. The molecule has 40 heavy (non-hydrogen) atoms. The minimum absolute atomic E-state index is 0.00788. The summed E-state index contributed by atoms with van der Waals surface area (Å²) in [5, 5.41) is 23.2. The topological polar surface area (TPSA) is 142 Å². The van der Waals surface area contributed by atoms with E-state index >= 15 is 0 Å².